The van der Waals surface area contributed by atoms with Gasteiger partial charge in [0.1, 0.15) is 17.6 Å². The number of benzene rings is 2. The van der Waals surface area contributed by atoms with Gasteiger partial charge in [0.2, 0.25) is 0 Å². The normalized spacial score (nSPS) is 28.4. The summed E-state index contributed by atoms with van der Waals surface area (Å²) < 4.78 is 5.73. The first-order valence-corrected chi connectivity index (χ1v) is 8.97. The highest BCUT2D eigenvalue weighted by Gasteiger charge is 2.55. The highest BCUT2D eigenvalue weighted by Crippen LogP contribution is 2.44. The van der Waals surface area contributed by atoms with E-state index in [4.69, 9.17) is 4.74 Å². The molecule has 1 unspecified atom stereocenters. The summed E-state index contributed by atoms with van der Waals surface area (Å²) in [4.78, 5) is 25.8. The van der Waals surface area contributed by atoms with Gasteiger partial charge in [0, 0.05) is 0 Å². The number of hydrogen-bond donors (Lipinski definition) is 0. The zero-order chi connectivity index (χ0) is 17.6. The topological polar surface area (TPSA) is 43.4 Å². The Balaban J connectivity index is 1.78. The molecule has 2 fully saturated rings. The lowest BCUT2D eigenvalue weighted by atomic mass is 9.78. The van der Waals surface area contributed by atoms with E-state index in [1.165, 1.54) is 0 Å². The minimum atomic E-state index is -0.799. The zero-order valence-corrected chi connectivity index (χ0v) is 14.6. The van der Waals surface area contributed by atoms with Crippen LogP contribution in [0.25, 0.3) is 11.1 Å². The molecule has 128 valence electrons. The van der Waals surface area contributed by atoms with Gasteiger partial charge in [0.15, 0.2) is 11.6 Å². The lowest BCUT2D eigenvalue weighted by Gasteiger charge is -2.34. The second-order valence-corrected chi connectivity index (χ2v) is 7.21. The van der Waals surface area contributed by atoms with Crippen LogP contribution in [0.4, 0.5) is 0 Å². The summed E-state index contributed by atoms with van der Waals surface area (Å²) in [6, 6.07) is 16.3. The van der Waals surface area contributed by atoms with Gasteiger partial charge in [0.05, 0.1) is 0 Å². The van der Waals surface area contributed by atoms with E-state index in [0.29, 0.717) is 12.8 Å². The molecule has 3 atom stereocenters. The van der Waals surface area contributed by atoms with E-state index < -0.39 is 17.6 Å². The number of carbonyl (C=O) groups is 2. The van der Waals surface area contributed by atoms with E-state index in [2.05, 4.69) is 25.1 Å². The Bertz CT molecular complexity index is 840. The van der Waals surface area contributed by atoms with Gasteiger partial charge < -0.3 is 4.74 Å². The van der Waals surface area contributed by atoms with E-state index in [0.717, 1.165) is 28.7 Å². The van der Waals surface area contributed by atoms with Crippen LogP contribution < -0.4 is 0 Å². The molecule has 25 heavy (non-hydrogen) atoms. The quantitative estimate of drug-likeness (QED) is 0.794. The van der Waals surface area contributed by atoms with Gasteiger partial charge in [-0.25, -0.2) is 0 Å². The molecule has 2 heterocycles. The predicted molar refractivity (Wildman–Crippen MR) is 96.5 cm³/mol. The molecule has 2 aromatic rings. The minimum absolute atomic E-state index is 0.0675. The zero-order valence-electron chi connectivity index (χ0n) is 14.6. The molecular formula is C22H22O3. The van der Waals surface area contributed by atoms with Gasteiger partial charge >= 0.3 is 0 Å². The van der Waals surface area contributed by atoms with Crippen LogP contribution in [0.1, 0.15) is 43.7 Å². The molecule has 0 amide bonds. The third kappa shape index (κ3) is 2.54. The van der Waals surface area contributed by atoms with Gasteiger partial charge in [-0.2, -0.15) is 0 Å². The number of fused-ring (bicyclic) bond motifs is 2. The molecule has 2 aliphatic heterocycles. The van der Waals surface area contributed by atoms with Crippen molar-refractivity contribution in [3.05, 3.63) is 59.7 Å². The van der Waals surface area contributed by atoms with Crippen LogP contribution in [0.3, 0.4) is 0 Å². The molecule has 0 N–H and O–H groups in total. The summed E-state index contributed by atoms with van der Waals surface area (Å²) in [6.45, 7) is 3.90. The van der Waals surface area contributed by atoms with Gasteiger partial charge in [-0.1, -0.05) is 55.5 Å². The molecule has 2 bridgehead atoms. The minimum Gasteiger partial charge on any atom is -0.356 e. The van der Waals surface area contributed by atoms with Crippen LogP contribution in [0.5, 0.6) is 0 Å². The van der Waals surface area contributed by atoms with Crippen molar-refractivity contribution in [3.8, 4) is 11.1 Å². The molecule has 3 heteroatoms. The second kappa shape index (κ2) is 5.92. The molecule has 2 saturated heterocycles. The molecule has 0 radical (unpaired) electrons. The highest BCUT2D eigenvalue weighted by molar-refractivity contribution is 6.15. The Hall–Kier alpha value is -2.26. The van der Waals surface area contributed by atoms with Gasteiger partial charge in [0.25, 0.3) is 0 Å². The lowest BCUT2D eigenvalue weighted by molar-refractivity contribution is -0.160. The summed E-state index contributed by atoms with van der Waals surface area (Å²) in [5, 5.41) is 0. The summed E-state index contributed by atoms with van der Waals surface area (Å²) >= 11 is 0. The second-order valence-electron chi connectivity index (χ2n) is 7.21. The Morgan fingerprint density at radius 1 is 1.08 bits per heavy atom. The smallest absolute Gasteiger partial charge is 0.179 e. The van der Waals surface area contributed by atoms with Gasteiger partial charge in [-0.15, -0.1) is 0 Å². The Morgan fingerprint density at radius 2 is 1.84 bits per heavy atom. The average molecular weight is 334 g/mol. The van der Waals surface area contributed by atoms with E-state index in [-0.39, 0.29) is 11.6 Å². The molecular weight excluding hydrogens is 312 g/mol. The Morgan fingerprint density at radius 3 is 2.56 bits per heavy atom. The van der Waals surface area contributed by atoms with Crippen molar-refractivity contribution in [2.45, 2.75) is 50.7 Å². The monoisotopic (exact) mass is 334 g/mol. The maximum absolute atomic E-state index is 13.0. The third-order valence-electron chi connectivity index (χ3n) is 5.61. The Kier molecular flexibility index (Phi) is 3.84. The van der Waals surface area contributed by atoms with Crippen molar-refractivity contribution in [2.24, 2.45) is 0 Å². The van der Waals surface area contributed by atoms with Crippen molar-refractivity contribution in [1.82, 2.24) is 0 Å². The van der Waals surface area contributed by atoms with Crippen LogP contribution in [0, 0.1) is 0 Å². The molecule has 3 nitrogen and oxygen atoms in total. The molecule has 2 aliphatic rings. The maximum atomic E-state index is 13.0. The first kappa shape index (κ1) is 16.2. The first-order chi connectivity index (χ1) is 12.0. The number of Topliss-reactive ketones (excluding diaryl/α,β-unsaturated/α-hetero) is 2. The predicted octanol–water partition coefficient (Wildman–Crippen LogP) is 4.09. The first-order valence-electron chi connectivity index (χ1n) is 8.97. The van der Waals surface area contributed by atoms with Crippen molar-refractivity contribution < 1.29 is 14.3 Å². The maximum Gasteiger partial charge on any atom is 0.179 e. The molecule has 0 saturated carbocycles. The molecule has 0 aromatic heterocycles. The van der Waals surface area contributed by atoms with Gasteiger partial charge in [-0.05, 0) is 48.4 Å². The third-order valence-corrected chi connectivity index (χ3v) is 5.61. The van der Waals surface area contributed by atoms with E-state index in [1.54, 1.807) is 0 Å². The Labute approximate surface area is 148 Å². The lowest BCUT2D eigenvalue weighted by Crippen LogP contribution is -2.49. The van der Waals surface area contributed by atoms with Crippen molar-refractivity contribution >= 4 is 11.6 Å². The SMILES string of the molecule is CCc1cc(-c2ccccc2)ccc1C1C(=O)[C@@H]2CC[C@@](C)(O2)C1=O. The van der Waals surface area contributed by atoms with Crippen molar-refractivity contribution in [1.29, 1.82) is 0 Å². The summed E-state index contributed by atoms with van der Waals surface area (Å²) in [5.41, 5.74) is 3.38. The van der Waals surface area contributed by atoms with Crippen molar-refractivity contribution in [2.75, 3.05) is 0 Å². The van der Waals surface area contributed by atoms with Crippen LogP contribution in [0.15, 0.2) is 48.5 Å². The number of aryl methyl sites for hydroxylation is 1. The fourth-order valence-electron chi connectivity index (χ4n) is 4.14. The van der Waals surface area contributed by atoms with E-state index in [9.17, 15) is 9.59 Å². The molecule has 0 aliphatic carbocycles. The number of hydrogen-bond acceptors (Lipinski definition) is 3. The van der Waals surface area contributed by atoms with E-state index in [1.807, 2.05) is 37.3 Å². The standard InChI is InChI=1S/C22H22O3/c1-3-14-13-16(15-7-5-4-6-8-15)9-10-17(14)19-20(23)18-11-12-22(2,25-18)21(19)24/h4-10,13,18-19H,3,11-12H2,1-2H3/t18-,19?,22+/m0/s1. The van der Waals surface area contributed by atoms with E-state index >= 15 is 0 Å². The molecule has 2 aromatic carbocycles. The van der Waals surface area contributed by atoms with Crippen LogP contribution in [-0.2, 0) is 20.7 Å². The largest absolute Gasteiger partial charge is 0.356 e. The molecule has 4 rings (SSSR count). The highest BCUT2D eigenvalue weighted by atomic mass is 16.5. The number of carbonyl (C=O) groups excluding carboxylic acids is 2. The fourth-order valence-corrected chi connectivity index (χ4v) is 4.14. The summed E-state index contributed by atoms with van der Waals surface area (Å²) in [6.07, 6.45) is 1.66. The fraction of sp³-hybridized carbons (Fsp3) is 0.364. The summed E-state index contributed by atoms with van der Waals surface area (Å²) in [7, 11) is 0. The van der Waals surface area contributed by atoms with Crippen molar-refractivity contribution in [3.63, 3.8) is 0 Å². The molecule has 0 spiro atoms. The van der Waals surface area contributed by atoms with Gasteiger partial charge in [-0.3, -0.25) is 9.59 Å². The van der Waals surface area contributed by atoms with Crippen LogP contribution in [-0.4, -0.2) is 23.3 Å². The average Bonchev–Trinajstić information content (AvgIpc) is 3.02. The number of rotatable bonds is 3. The number of ether oxygens (including phenoxy) is 1. The number of ketones is 2. The summed E-state index contributed by atoms with van der Waals surface area (Å²) in [5.74, 6) is -0.818. The van der Waals surface area contributed by atoms with Crippen LogP contribution >= 0.6 is 0 Å². The van der Waals surface area contributed by atoms with Crippen LogP contribution in [0.2, 0.25) is 0 Å².